The monoisotopic (exact) mass is 317 g/mol. The summed E-state index contributed by atoms with van der Waals surface area (Å²) in [4.78, 5) is 18.9. The van der Waals surface area contributed by atoms with Gasteiger partial charge in [-0.2, -0.15) is 0 Å². The van der Waals surface area contributed by atoms with Gasteiger partial charge in [0, 0.05) is 25.9 Å². The second-order valence-electron chi connectivity index (χ2n) is 6.96. The second-order valence-corrected chi connectivity index (χ2v) is 6.96. The lowest BCUT2D eigenvalue weighted by atomic mass is 9.96. The number of fused-ring (bicyclic) bond motifs is 1. The van der Waals surface area contributed by atoms with E-state index in [4.69, 9.17) is 4.74 Å². The fourth-order valence-electron chi connectivity index (χ4n) is 3.52. The summed E-state index contributed by atoms with van der Waals surface area (Å²) in [5.74, 6) is 0. The number of ether oxygens (including phenoxy) is 1. The van der Waals surface area contributed by atoms with Crippen LogP contribution >= 0.6 is 0 Å². The van der Waals surface area contributed by atoms with Gasteiger partial charge in [-0.1, -0.05) is 0 Å². The maximum atomic E-state index is 12.5. The Bertz CT molecular complexity index is 575. The van der Waals surface area contributed by atoms with Crippen LogP contribution in [0.15, 0.2) is 12.3 Å². The maximum Gasteiger partial charge on any atom is 0.321 e. The predicted octanol–water partition coefficient (Wildman–Crippen LogP) is 3.38. The molecule has 3 rings (SSSR count). The zero-order valence-electron chi connectivity index (χ0n) is 14.2. The van der Waals surface area contributed by atoms with Gasteiger partial charge in [-0.15, -0.1) is 0 Å². The van der Waals surface area contributed by atoms with Crippen molar-refractivity contribution in [1.82, 2.24) is 9.88 Å². The van der Waals surface area contributed by atoms with Crippen LogP contribution in [0.4, 0.5) is 10.5 Å². The molecule has 5 heteroatoms. The van der Waals surface area contributed by atoms with Crippen molar-refractivity contribution < 1.29 is 9.53 Å². The zero-order valence-corrected chi connectivity index (χ0v) is 14.2. The number of aryl methyl sites for hydroxylation is 2. The molecule has 0 bridgehead atoms. The van der Waals surface area contributed by atoms with E-state index < -0.39 is 0 Å². The summed E-state index contributed by atoms with van der Waals surface area (Å²) in [6.45, 7) is 3.64. The number of amides is 2. The van der Waals surface area contributed by atoms with E-state index in [-0.39, 0.29) is 11.6 Å². The molecule has 1 fully saturated rings. The van der Waals surface area contributed by atoms with E-state index in [9.17, 15) is 4.79 Å². The molecule has 1 atom stereocenters. The zero-order chi connectivity index (χ0) is 16.3. The molecule has 0 radical (unpaired) electrons. The number of rotatable bonds is 2. The van der Waals surface area contributed by atoms with E-state index in [1.165, 1.54) is 24.1 Å². The van der Waals surface area contributed by atoms with Gasteiger partial charge >= 0.3 is 6.03 Å². The molecule has 1 aliphatic heterocycles. The Hall–Kier alpha value is -1.62. The van der Waals surface area contributed by atoms with E-state index in [1.54, 1.807) is 13.3 Å². The van der Waals surface area contributed by atoms with Crippen LogP contribution in [0.25, 0.3) is 0 Å². The van der Waals surface area contributed by atoms with E-state index in [2.05, 4.69) is 23.3 Å². The van der Waals surface area contributed by atoms with Crippen molar-refractivity contribution in [1.29, 1.82) is 0 Å². The number of nitrogens with zero attached hydrogens (tertiary/aromatic N) is 2. The van der Waals surface area contributed by atoms with E-state index >= 15 is 0 Å². The summed E-state index contributed by atoms with van der Waals surface area (Å²) in [6, 6.07) is 2.07. The maximum absolute atomic E-state index is 12.5. The van der Waals surface area contributed by atoms with Crippen LogP contribution < -0.4 is 5.32 Å². The highest BCUT2D eigenvalue weighted by Gasteiger charge is 2.29. The predicted molar refractivity (Wildman–Crippen MR) is 90.7 cm³/mol. The molecule has 1 aromatic heterocycles. The molecule has 0 spiro atoms. The fourth-order valence-corrected chi connectivity index (χ4v) is 3.52. The summed E-state index contributed by atoms with van der Waals surface area (Å²) in [7, 11) is 1.76. The average molecular weight is 317 g/mol. The standard InChI is InChI=1S/C18H27N3O2/c1-18(23-2)8-5-10-21(11-9-18)17(22)20-15-12-14-6-3-4-7-16(14)19-13-15/h12-13H,3-11H2,1-2H3,(H,20,22). The normalized spacial score (nSPS) is 24.7. The lowest BCUT2D eigenvalue weighted by Crippen LogP contribution is -2.37. The highest BCUT2D eigenvalue weighted by atomic mass is 16.5. The van der Waals surface area contributed by atoms with Crippen LogP contribution in [0.1, 0.15) is 50.3 Å². The van der Waals surface area contributed by atoms with Gasteiger partial charge in [0.25, 0.3) is 0 Å². The molecular formula is C18H27N3O2. The van der Waals surface area contributed by atoms with Crippen LogP contribution in [0.5, 0.6) is 0 Å². The Morgan fingerprint density at radius 3 is 2.91 bits per heavy atom. The molecule has 2 amide bonds. The minimum absolute atomic E-state index is 0.0251. The van der Waals surface area contributed by atoms with Gasteiger partial charge in [0.05, 0.1) is 17.5 Å². The molecule has 1 saturated heterocycles. The highest BCUT2D eigenvalue weighted by Crippen LogP contribution is 2.26. The third kappa shape index (κ3) is 3.83. The van der Waals surface area contributed by atoms with Crippen molar-refractivity contribution in [2.45, 2.75) is 57.5 Å². The first kappa shape index (κ1) is 16.2. The summed E-state index contributed by atoms with van der Waals surface area (Å²) in [6.07, 6.45) is 9.20. The first-order chi connectivity index (χ1) is 11.1. The van der Waals surface area contributed by atoms with Crippen LogP contribution in [0, 0.1) is 0 Å². The summed E-state index contributed by atoms with van der Waals surface area (Å²) in [5, 5.41) is 3.02. The van der Waals surface area contributed by atoms with E-state index in [0.717, 1.165) is 50.9 Å². The third-order valence-corrected chi connectivity index (χ3v) is 5.25. The van der Waals surface area contributed by atoms with Crippen LogP contribution in [0.2, 0.25) is 0 Å². The van der Waals surface area contributed by atoms with Crippen molar-refractivity contribution >= 4 is 11.7 Å². The van der Waals surface area contributed by atoms with E-state index in [1.807, 2.05) is 4.90 Å². The number of pyridine rings is 1. The Morgan fingerprint density at radius 2 is 2.09 bits per heavy atom. The van der Waals surface area contributed by atoms with Gasteiger partial charge in [0.15, 0.2) is 0 Å². The summed E-state index contributed by atoms with van der Waals surface area (Å²) >= 11 is 0. The van der Waals surface area contributed by atoms with Crippen molar-refractivity contribution in [3.8, 4) is 0 Å². The Morgan fingerprint density at radius 1 is 1.26 bits per heavy atom. The van der Waals surface area contributed by atoms with Crippen LogP contribution in [-0.4, -0.2) is 41.7 Å². The molecule has 126 valence electrons. The average Bonchev–Trinajstić information content (AvgIpc) is 2.77. The molecule has 2 heterocycles. The number of aromatic nitrogens is 1. The first-order valence-corrected chi connectivity index (χ1v) is 8.68. The topological polar surface area (TPSA) is 54.5 Å². The molecule has 0 saturated carbocycles. The first-order valence-electron chi connectivity index (χ1n) is 8.68. The van der Waals surface area contributed by atoms with Gasteiger partial charge in [-0.25, -0.2) is 4.79 Å². The highest BCUT2D eigenvalue weighted by molar-refractivity contribution is 5.89. The van der Waals surface area contributed by atoms with Gasteiger partial charge in [0.1, 0.15) is 0 Å². The summed E-state index contributed by atoms with van der Waals surface area (Å²) in [5.41, 5.74) is 3.19. The minimum Gasteiger partial charge on any atom is -0.378 e. The number of nitrogens with one attached hydrogen (secondary N) is 1. The fraction of sp³-hybridized carbons (Fsp3) is 0.667. The van der Waals surface area contributed by atoms with E-state index in [0.29, 0.717) is 0 Å². The van der Waals surface area contributed by atoms with Crippen LogP contribution in [0.3, 0.4) is 0 Å². The molecule has 1 aliphatic carbocycles. The van der Waals surface area contributed by atoms with Crippen LogP contribution in [-0.2, 0) is 17.6 Å². The molecule has 1 unspecified atom stereocenters. The third-order valence-electron chi connectivity index (χ3n) is 5.25. The summed E-state index contributed by atoms with van der Waals surface area (Å²) < 4.78 is 5.60. The van der Waals surface area contributed by atoms with Crippen molar-refractivity contribution in [2.24, 2.45) is 0 Å². The number of carbonyl (C=O) groups excluding carboxylic acids is 1. The van der Waals surface area contributed by atoms with Gasteiger partial charge in [-0.05, 0) is 63.5 Å². The largest absolute Gasteiger partial charge is 0.378 e. The van der Waals surface area contributed by atoms with Gasteiger partial charge in [-0.3, -0.25) is 4.98 Å². The van der Waals surface area contributed by atoms with Crippen molar-refractivity contribution in [2.75, 3.05) is 25.5 Å². The molecule has 0 aromatic carbocycles. The minimum atomic E-state index is -0.109. The number of carbonyl (C=O) groups is 1. The number of methoxy groups -OCH3 is 1. The Labute approximate surface area is 138 Å². The number of hydrogen-bond donors (Lipinski definition) is 1. The molecule has 2 aliphatic rings. The number of hydrogen-bond acceptors (Lipinski definition) is 3. The number of urea groups is 1. The van der Waals surface area contributed by atoms with Crippen molar-refractivity contribution in [3.63, 3.8) is 0 Å². The SMILES string of the molecule is COC1(C)CCCN(C(=O)Nc2cnc3c(c2)CCCC3)CC1. The molecule has 5 nitrogen and oxygen atoms in total. The Balaban J connectivity index is 1.63. The molecule has 1 aromatic rings. The molecule has 23 heavy (non-hydrogen) atoms. The van der Waals surface area contributed by atoms with Gasteiger partial charge in [0.2, 0.25) is 0 Å². The molecular weight excluding hydrogens is 290 g/mol. The number of anilines is 1. The van der Waals surface area contributed by atoms with Gasteiger partial charge < -0.3 is 15.0 Å². The number of likely N-dealkylation sites (tertiary alicyclic amines) is 1. The Kier molecular flexibility index (Phi) is 4.85. The van der Waals surface area contributed by atoms with Crippen molar-refractivity contribution in [3.05, 3.63) is 23.5 Å². The lowest BCUT2D eigenvalue weighted by molar-refractivity contribution is -0.00491. The lowest BCUT2D eigenvalue weighted by Gasteiger charge is -2.26. The molecule has 1 N–H and O–H groups in total. The second kappa shape index (κ2) is 6.87. The smallest absolute Gasteiger partial charge is 0.321 e. The quantitative estimate of drug-likeness (QED) is 0.909.